The van der Waals surface area contributed by atoms with Gasteiger partial charge >= 0.3 is 0 Å². The van der Waals surface area contributed by atoms with E-state index < -0.39 is 0 Å². The first kappa shape index (κ1) is 14.6. The molecule has 18 heavy (non-hydrogen) atoms. The van der Waals surface area contributed by atoms with Gasteiger partial charge in [-0.3, -0.25) is 10.1 Å². The van der Waals surface area contributed by atoms with Crippen LogP contribution < -0.4 is 11.1 Å². The highest BCUT2D eigenvalue weighted by molar-refractivity contribution is 5.80. The maximum atomic E-state index is 11.2. The molecule has 0 radical (unpaired) electrons. The largest absolute Gasteiger partial charge is 0.368 e. The molecule has 1 aromatic rings. The average Bonchev–Trinajstić information content (AvgIpc) is 2.64. The second-order valence-corrected chi connectivity index (χ2v) is 5.83. The molecular weight excluding hydrogens is 230 g/mol. The first-order valence-electron chi connectivity index (χ1n) is 6.16. The highest BCUT2D eigenvalue weighted by Gasteiger charge is 2.20. The number of carbonyl (C=O) groups excluding carboxylic acids is 1. The van der Waals surface area contributed by atoms with Crippen LogP contribution in [0.2, 0.25) is 0 Å². The first-order chi connectivity index (χ1) is 8.21. The number of carbonyl (C=O) groups is 1. The molecular formula is C12H23N5O. The summed E-state index contributed by atoms with van der Waals surface area (Å²) in [5, 5.41) is 11.2. The molecule has 1 unspecified atom stereocenters. The van der Waals surface area contributed by atoms with Crippen LogP contribution in [0.15, 0.2) is 6.20 Å². The van der Waals surface area contributed by atoms with Crippen LogP contribution in [0.1, 0.15) is 40.3 Å². The molecule has 6 nitrogen and oxygen atoms in total. The van der Waals surface area contributed by atoms with Crippen molar-refractivity contribution in [1.82, 2.24) is 20.3 Å². The van der Waals surface area contributed by atoms with Gasteiger partial charge in [0.15, 0.2) is 0 Å². The molecule has 1 heterocycles. The Kier molecular flexibility index (Phi) is 4.45. The number of hydrogen-bond donors (Lipinski definition) is 2. The number of hydrogen-bond acceptors (Lipinski definition) is 4. The lowest BCUT2D eigenvalue weighted by molar-refractivity contribution is -0.121. The van der Waals surface area contributed by atoms with Crippen LogP contribution in [-0.4, -0.2) is 26.9 Å². The van der Waals surface area contributed by atoms with Gasteiger partial charge in [0.25, 0.3) is 0 Å². The van der Waals surface area contributed by atoms with Gasteiger partial charge in [0.2, 0.25) is 5.91 Å². The lowest BCUT2D eigenvalue weighted by atomic mass is 10.0. The minimum atomic E-state index is -0.343. The third-order valence-corrected chi connectivity index (χ3v) is 2.70. The second-order valence-electron chi connectivity index (χ2n) is 5.83. The molecule has 0 aliphatic heterocycles. The molecule has 0 saturated heterocycles. The Hall–Kier alpha value is -1.43. The minimum Gasteiger partial charge on any atom is -0.368 e. The van der Waals surface area contributed by atoms with Crippen molar-refractivity contribution in [1.29, 1.82) is 0 Å². The Bertz CT molecular complexity index is 405. The predicted molar refractivity (Wildman–Crippen MR) is 69.7 cm³/mol. The lowest BCUT2D eigenvalue weighted by Crippen LogP contribution is -2.44. The zero-order valence-corrected chi connectivity index (χ0v) is 11.8. The van der Waals surface area contributed by atoms with Gasteiger partial charge < -0.3 is 5.73 Å². The van der Waals surface area contributed by atoms with Gasteiger partial charge in [-0.1, -0.05) is 19.1 Å². The smallest absolute Gasteiger partial charge is 0.234 e. The molecule has 3 N–H and O–H groups in total. The van der Waals surface area contributed by atoms with Crippen molar-refractivity contribution in [3.8, 4) is 0 Å². The van der Waals surface area contributed by atoms with Crippen molar-refractivity contribution in [3.05, 3.63) is 11.9 Å². The molecule has 1 amide bonds. The van der Waals surface area contributed by atoms with Crippen molar-refractivity contribution in [2.45, 2.75) is 52.7 Å². The van der Waals surface area contributed by atoms with Crippen LogP contribution >= 0.6 is 0 Å². The number of aromatic nitrogens is 3. The molecule has 0 spiro atoms. The quantitative estimate of drug-likeness (QED) is 0.806. The van der Waals surface area contributed by atoms with Crippen molar-refractivity contribution >= 4 is 5.91 Å². The fraction of sp³-hybridized carbons (Fsp3) is 0.750. The van der Waals surface area contributed by atoms with E-state index in [1.54, 1.807) is 4.68 Å². The van der Waals surface area contributed by atoms with Crippen molar-refractivity contribution in [3.63, 3.8) is 0 Å². The van der Waals surface area contributed by atoms with E-state index in [4.69, 9.17) is 5.73 Å². The van der Waals surface area contributed by atoms with Gasteiger partial charge in [0.1, 0.15) is 0 Å². The van der Waals surface area contributed by atoms with Crippen LogP contribution in [0.3, 0.4) is 0 Å². The topological polar surface area (TPSA) is 85.8 Å². The van der Waals surface area contributed by atoms with Crippen LogP contribution in [-0.2, 0) is 16.9 Å². The normalized spacial score (nSPS) is 13.9. The van der Waals surface area contributed by atoms with E-state index in [1.165, 1.54) is 0 Å². The standard InChI is InChI=1S/C12H23N5O/c1-8(2)10(11(13)18)14-6-9-7-17(16-15-9)12(3,4)5/h7-8,10,14H,6H2,1-5H3,(H2,13,18). The van der Waals surface area contributed by atoms with Crippen molar-refractivity contribution < 1.29 is 4.79 Å². The van der Waals surface area contributed by atoms with E-state index in [-0.39, 0.29) is 23.4 Å². The number of amides is 1. The fourth-order valence-corrected chi connectivity index (χ4v) is 1.59. The Morgan fingerprint density at radius 2 is 2.11 bits per heavy atom. The summed E-state index contributed by atoms with van der Waals surface area (Å²) in [7, 11) is 0. The highest BCUT2D eigenvalue weighted by atomic mass is 16.1. The van der Waals surface area contributed by atoms with Crippen LogP contribution in [0.4, 0.5) is 0 Å². The molecule has 0 saturated carbocycles. The average molecular weight is 253 g/mol. The number of nitrogens with one attached hydrogen (secondary N) is 1. The number of nitrogens with two attached hydrogens (primary N) is 1. The van der Waals surface area contributed by atoms with Gasteiger partial charge in [-0.15, -0.1) is 5.10 Å². The van der Waals surface area contributed by atoms with Crippen LogP contribution in [0.25, 0.3) is 0 Å². The summed E-state index contributed by atoms with van der Waals surface area (Å²) < 4.78 is 1.80. The maximum absolute atomic E-state index is 11.2. The van der Waals surface area contributed by atoms with E-state index in [1.807, 2.05) is 20.0 Å². The van der Waals surface area contributed by atoms with Gasteiger partial charge in [-0.2, -0.15) is 0 Å². The summed E-state index contributed by atoms with van der Waals surface area (Å²) in [4.78, 5) is 11.2. The summed E-state index contributed by atoms with van der Waals surface area (Å²) in [6, 6.07) is -0.343. The summed E-state index contributed by atoms with van der Waals surface area (Å²) >= 11 is 0. The Morgan fingerprint density at radius 3 is 2.50 bits per heavy atom. The maximum Gasteiger partial charge on any atom is 0.234 e. The SMILES string of the molecule is CC(C)C(NCc1cn(C(C)(C)C)nn1)C(N)=O. The van der Waals surface area contributed by atoms with E-state index in [9.17, 15) is 4.79 Å². The molecule has 6 heteroatoms. The highest BCUT2D eigenvalue weighted by Crippen LogP contribution is 2.12. The summed E-state index contributed by atoms with van der Waals surface area (Å²) in [5.74, 6) is -0.187. The van der Waals surface area contributed by atoms with Gasteiger partial charge in [-0.05, 0) is 26.7 Å². The van der Waals surface area contributed by atoms with E-state index in [0.29, 0.717) is 6.54 Å². The van der Waals surface area contributed by atoms with E-state index in [2.05, 4.69) is 36.4 Å². The monoisotopic (exact) mass is 253 g/mol. The zero-order chi connectivity index (χ0) is 13.9. The number of primary amides is 1. The first-order valence-corrected chi connectivity index (χ1v) is 6.16. The van der Waals surface area contributed by atoms with E-state index >= 15 is 0 Å². The Balaban J connectivity index is 2.63. The van der Waals surface area contributed by atoms with Gasteiger partial charge in [-0.25, -0.2) is 4.68 Å². The Morgan fingerprint density at radius 1 is 1.50 bits per heavy atom. The number of nitrogens with zero attached hydrogens (tertiary/aromatic N) is 3. The third kappa shape index (κ3) is 3.80. The lowest BCUT2D eigenvalue weighted by Gasteiger charge is -2.18. The minimum absolute atomic E-state index is 0.0909. The molecule has 1 rings (SSSR count). The van der Waals surface area contributed by atoms with Crippen molar-refractivity contribution in [2.24, 2.45) is 11.7 Å². The number of rotatable bonds is 5. The molecule has 1 aromatic heterocycles. The molecule has 102 valence electrons. The summed E-state index contributed by atoms with van der Waals surface area (Å²) in [5.41, 5.74) is 6.05. The predicted octanol–water partition coefficient (Wildman–Crippen LogP) is 0.633. The molecule has 0 bridgehead atoms. The molecule has 1 atom stereocenters. The molecule has 0 aliphatic carbocycles. The summed E-state index contributed by atoms with van der Waals surface area (Å²) in [6.07, 6.45) is 1.88. The molecule has 0 aliphatic rings. The third-order valence-electron chi connectivity index (χ3n) is 2.70. The molecule has 0 aromatic carbocycles. The fourth-order valence-electron chi connectivity index (χ4n) is 1.59. The Labute approximate surface area is 108 Å². The van der Waals surface area contributed by atoms with Gasteiger partial charge in [0, 0.05) is 6.54 Å². The zero-order valence-electron chi connectivity index (χ0n) is 11.8. The van der Waals surface area contributed by atoms with Gasteiger partial charge in [0.05, 0.1) is 23.5 Å². The summed E-state index contributed by atoms with van der Waals surface area (Å²) in [6.45, 7) is 10.6. The molecule has 0 fully saturated rings. The van der Waals surface area contributed by atoms with Crippen LogP contribution in [0, 0.1) is 5.92 Å². The van der Waals surface area contributed by atoms with E-state index in [0.717, 1.165) is 5.69 Å². The second kappa shape index (κ2) is 5.48. The van der Waals surface area contributed by atoms with Crippen LogP contribution in [0.5, 0.6) is 0 Å². The van der Waals surface area contributed by atoms with Crippen molar-refractivity contribution in [2.75, 3.05) is 0 Å².